The molecule has 2 aromatic rings. The van der Waals surface area contributed by atoms with E-state index in [4.69, 9.17) is 0 Å². The van der Waals surface area contributed by atoms with Crippen molar-refractivity contribution in [3.05, 3.63) is 66.4 Å². The minimum absolute atomic E-state index is 0.215. The summed E-state index contributed by atoms with van der Waals surface area (Å²) in [7, 11) is 0. The Balaban J connectivity index is 1.54. The Labute approximate surface area is 198 Å². The van der Waals surface area contributed by atoms with Crippen LogP contribution in [0.25, 0.3) is 11.3 Å². The van der Waals surface area contributed by atoms with Gasteiger partial charge < -0.3 is 5.11 Å². The number of allylic oxidation sites excluding steroid dienone is 1. The van der Waals surface area contributed by atoms with Crippen LogP contribution in [0.1, 0.15) is 88.2 Å². The van der Waals surface area contributed by atoms with Crippen LogP contribution in [0.2, 0.25) is 0 Å². The van der Waals surface area contributed by atoms with Crippen LogP contribution >= 0.6 is 0 Å². The van der Waals surface area contributed by atoms with E-state index in [-0.39, 0.29) is 12.3 Å². The van der Waals surface area contributed by atoms with Crippen molar-refractivity contribution in [2.45, 2.75) is 95.2 Å². The summed E-state index contributed by atoms with van der Waals surface area (Å²) in [6, 6.07) is 12.7. The molecule has 178 valence electrons. The second-order valence-corrected chi connectivity index (χ2v) is 9.49. The fourth-order valence-corrected chi connectivity index (χ4v) is 4.77. The summed E-state index contributed by atoms with van der Waals surface area (Å²) < 4.78 is 14.2. The Bertz CT molecular complexity index is 883. The van der Waals surface area contributed by atoms with E-state index in [9.17, 15) is 14.3 Å². The van der Waals surface area contributed by atoms with Gasteiger partial charge in [0.05, 0.1) is 5.69 Å². The summed E-state index contributed by atoms with van der Waals surface area (Å²) in [4.78, 5) is 17.1. The molecule has 1 atom stereocenters. The third-order valence-electron chi connectivity index (χ3n) is 6.99. The topological polar surface area (TPSA) is 50.2 Å². The molecule has 1 aromatic carbocycles. The molecule has 3 rings (SSSR count). The standard InChI is InChI=1S/C29H38FNO2/c1-3-5-7-8-9-22-11-16-27(31-21-22)25-14-12-23(13-15-25)24-17-19-29(33,20-18-24)28(32)26(30)10-6-4-2/h3,11-16,21,24,26,33H,1,4-10,17-20H2,2H3/t24?,26-,29?/m0/s1. The number of carbonyl (C=O) groups is 1. The normalized spacial score (nSPS) is 21.5. The average molecular weight is 452 g/mol. The predicted octanol–water partition coefficient (Wildman–Crippen LogP) is 7.13. The number of hydrogen-bond acceptors (Lipinski definition) is 3. The zero-order chi connectivity index (χ0) is 23.7. The number of rotatable bonds is 12. The molecule has 1 N–H and O–H groups in total. The van der Waals surface area contributed by atoms with Gasteiger partial charge in [0.15, 0.2) is 12.0 Å². The van der Waals surface area contributed by atoms with E-state index in [1.54, 1.807) is 0 Å². The first kappa shape index (κ1) is 25.3. The number of hydrogen-bond donors (Lipinski definition) is 1. The van der Waals surface area contributed by atoms with Crippen LogP contribution in [-0.4, -0.2) is 27.6 Å². The van der Waals surface area contributed by atoms with Gasteiger partial charge in [-0.1, -0.05) is 56.2 Å². The summed E-state index contributed by atoms with van der Waals surface area (Å²) >= 11 is 0. The lowest BCUT2D eigenvalue weighted by Gasteiger charge is -2.35. The van der Waals surface area contributed by atoms with Gasteiger partial charge in [-0.15, -0.1) is 6.58 Å². The molecule has 0 amide bonds. The Kier molecular flexibility index (Phi) is 9.37. The molecule has 0 aliphatic heterocycles. The lowest BCUT2D eigenvalue weighted by Crippen LogP contribution is -2.46. The van der Waals surface area contributed by atoms with Crippen LogP contribution < -0.4 is 0 Å². The number of halogens is 1. The van der Waals surface area contributed by atoms with Crippen molar-refractivity contribution in [1.29, 1.82) is 0 Å². The van der Waals surface area contributed by atoms with Gasteiger partial charge in [0.1, 0.15) is 5.60 Å². The largest absolute Gasteiger partial charge is 0.382 e. The Morgan fingerprint density at radius 1 is 1.18 bits per heavy atom. The number of alkyl halides is 1. The maximum atomic E-state index is 14.2. The summed E-state index contributed by atoms with van der Waals surface area (Å²) in [5, 5.41) is 10.8. The predicted molar refractivity (Wildman–Crippen MR) is 133 cm³/mol. The van der Waals surface area contributed by atoms with Gasteiger partial charge in [-0.3, -0.25) is 9.78 Å². The molecule has 1 aliphatic rings. The smallest absolute Gasteiger partial charge is 0.198 e. The molecule has 0 spiro atoms. The van der Waals surface area contributed by atoms with Crippen LogP contribution in [-0.2, 0) is 11.2 Å². The molecule has 33 heavy (non-hydrogen) atoms. The van der Waals surface area contributed by atoms with E-state index < -0.39 is 17.6 Å². The summed E-state index contributed by atoms with van der Waals surface area (Å²) in [6.45, 7) is 5.74. The summed E-state index contributed by atoms with van der Waals surface area (Å²) in [5.74, 6) is -0.327. The van der Waals surface area contributed by atoms with E-state index in [0.29, 0.717) is 32.1 Å². The van der Waals surface area contributed by atoms with Crippen LogP contribution in [0.15, 0.2) is 55.3 Å². The second kappa shape index (κ2) is 12.2. The van der Waals surface area contributed by atoms with Crippen LogP contribution in [0, 0.1) is 0 Å². The van der Waals surface area contributed by atoms with E-state index in [0.717, 1.165) is 43.4 Å². The third kappa shape index (κ3) is 6.83. The molecule has 0 radical (unpaired) electrons. The quantitative estimate of drug-likeness (QED) is 0.276. The molecular weight excluding hydrogens is 413 g/mol. The minimum Gasteiger partial charge on any atom is -0.382 e. The molecule has 1 aliphatic carbocycles. The van der Waals surface area contributed by atoms with Crippen molar-refractivity contribution in [3.8, 4) is 11.3 Å². The first-order chi connectivity index (χ1) is 16.0. The molecule has 3 nitrogen and oxygen atoms in total. The summed E-state index contributed by atoms with van der Waals surface area (Å²) in [5.41, 5.74) is 3.00. The van der Waals surface area contributed by atoms with Crippen molar-refractivity contribution in [1.82, 2.24) is 4.98 Å². The maximum Gasteiger partial charge on any atom is 0.198 e. The lowest BCUT2D eigenvalue weighted by atomic mass is 9.73. The van der Waals surface area contributed by atoms with Crippen molar-refractivity contribution in [2.24, 2.45) is 0 Å². The number of ketones is 1. The molecule has 0 saturated heterocycles. The average Bonchev–Trinajstić information content (AvgIpc) is 2.85. The number of unbranched alkanes of at least 4 members (excludes halogenated alkanes) is 3. The van der Waals surface area contributed by atoms with Gasteiger partial charge in [0, 0.05) is 11.8 Å². The number of carbonyl (C=O) groups excluding carboxylic acids is 1. The Morgan fingerprint density at radius 3 is 2.52 bits per heavy atom. The monoisotopic (exact) mass is 451 g/mol. The SMILES string of the molecule is C=CCCCCc1ccc(-c2ccc(C3CCC(O)(C(=O)[C@@H](F)CCCC)CC3)cc2)nc1. The first-order valence-electron chi connectivity index (χ1n) is 12.5. The number of nitrogens with zero attached hydrogens (tertiary/aromatic N) is 1. The zero-order valence-electron chi connectivity index (χ0n) is 19.9. The Morgan fingerprint density at radius 2 is 1.91 bits per heavy atom. The fourth-order valence-electron chi connectivity index (χ4n) is 4.77. The highest BCUT2D eigenvalue weighted by atomic mass is 19.1. The lowest BCUT2D eigenvalue weighted by molar-refractivity contribution is -0.146. The number of pyridine rings is 1. The molecule has 1 heterocycles. The first-order valence-corrected chi connectivity index (χ1v) is 12.5. The fraction of sp³-hybridized carbons (Fsp3) is 0.517. The number of aromatic nitrogens is 1. The van der Waals surface area contributed by atoms with Crippen molar-refractivity contribution < 1.29 is 14.3 Å². The van der Waals surface area contributed by atoms with E-state index in [2.05, 4.69) is 48.0 Å². The summed E-state index contributed by atoms with van der Waals surface area (Å²) in [6.07, 6.45) is 10.6. The minimum atomic E-state index is -1.54. The van der Waals surface area contributed by atoms with Crippen molar-refractivity contribution in [3.63, 3.8) is 0 Å². The second-order valence-electron chi connectivity index (χ2n) is 9.49. The van der Waals surface area contributed by atoms with E-state index >= 15 is 0 Å². The molecule has 1 fully saturated rings. The highest BCUT2D eigenvalue weighted by Crippen LogP contribution is 2.40. The van der Waals surface area contributed by atoms with E-state index in [1.807, 2.05) is 19.2 Å². The van der Waals surface area contributed by atoms with Crippen LogP contribution in [0.5, 0.6) is 0 Å². The molecular formula is C29H38FNO2. The molecule has 1 saturated carbocycles. The van der Waals surface area contributed by atoms with Crippen LogP contribution in [0.3, 0.4) is 0 Å². The van der Waals surface area contributed by atoms with Gasteiger partial charge in [-0.05, 0) is 80.9 Å². The van der Waals surface area contributed by atoms with Gasteiger partial charge in [-0.25, -0.2) is 4.39 Å². The molecule has 0 bridgehead atoms. The molecule has 4 heteroatoms. The van der Waals surface area contributed by atoms with Crippen molar-refractivity contribution >= 4 is 5.78 Å². The van der Waals surface area contributed by atoms with Gasteiger partial charge >= 0.3 is 0 Å². The number of Topliss-reactive ketones (excluding diaryl/α,β-unsaturated/α-hetero) is 1. The molecule has 0 unspecified atom stereocenters. The zero-order valence-corrected chi connectivity index (χ0v) is 19.9. The van der Waals surface area contributed by atoms with Crippen molar-refractivity contribution in [2.75, 3.05) is 0 Å². The Hall–Kier alpha value is -2.33. The maximum absolute atomic E-state index is 14.2. The molecule has 1 aromatic heterocycles. The van der Waals surface area contributed by atoms with Gasteiger partial charge in [0.2, 0.25) is 0 Å². The number of aryl methyl sites for hydroxylation is 1. The van der Waals surface area contributed by atoms with E-state index in [1.165, 1.54) is 11.1 Å². The number of aliphatic hydroxyl groups is 1. The highest BCUT2D eigenvalue weighted by molar-refractivity contribution is 5.91. The third-order valence-corrected chi connectivity index (χ3v) is 6.99. The van der Waals surface area contributed by atoms with Gasteiger partial charge in [0.25, 0.3) is 0 Å². The highest BCUT2D eigenvalue weighted by Gasteiger charge is 2.43. The van der Waals surface area contributed by atoms with Gasteiger partial charge in [-0.2, -0.15) is 0 Å². The van der Waals surface area contributed by atoms with Crippen LogP contribution in [0.4, 0.5) is 4.39 Å². The number of benzene rings is 1.